The van der Waals surface area contributed by atoms with E-state index in [0.717, 1.165) is 13.0 Å². The molecular weight excluding hydrogens is 168 g/mol. The summed E-state index contributed by atoms with van der Waals surface area (Å²) in [6.45, 7) is 5.58. The number of aliphatic imine (C=N–C) groups is 1. The molecule has 1 aliphatic heterocycles. The van der Waals surface area contributed by atoms with Crippen LogP contribution < -0.4 is 16.6 Å². The van der Waals surface area contributed by atoms with Gasteiger partial charge in [-0.05, 0) is 20.3 Å². The minimum absolute atomic E-state index is 0.247. The Morgan fingerprint density at radius 1 is 1.62 bits per heavy atom. The third kappa shape index (κ3) is 3.61. The lowest BCUT2D eigenvalue weighted by atomic mass is 10.3. The predicted molar refractivity (Wildman–Crippen MR) is 52.3 cm³/mol. The van der Waals surface area contributed by atoms with Crippen LogP contribution in [0.4, 0.5) is 0 Å². The molecule has 76 valence electrons. The first kappa shape index (κ1) is 10.3. The first-order chi connectivity index (χ1) is 6.22. The van der Waals surface area contributed by atoms with Crippen molar-refractivity contribution in [1.29, 1.82) is 0 Å². The number of nitrogens with one attached hydrogen (secondary N) is 2. The highest BCUT2D eigenvalue weighted by atomic mass is 16.5. The molecule has 4 N–H and O–H groups in total. The molecule has 1 rings (SSSR count). The largest absolute Gasteiger partial charge is 0.379 e. The molecule has 0 saturated carbocycles. The average molecular weight is 186 g/mol. The van der Waals surface area contributed by atoms with E-state index in [1.807, 2.05) is 13.8 Å². The summed E-state index contributed by atoms with van der Waals surface area (Å²) in [5.41, 5.74) is 2.54. The predicted octanol–water partition coefficient (Wildman–Crippen LogP) is -0.407. The van der Waals surface area contributed by atoms with Gasteiger partial charge in [-0.15, -0.1) is 0 Å². The van der Waals surface area contributed by atoms with E-state index < -0.39 is 0 Å². The van der Waals surface area contributed by atoms with Crippen LogP contribution >= 0.6 is 0 Å². The zero-order valence-corrected chi connectivity index (χ0v) is 8.21. The highest BCUT2D eigenvalue weighted by Crippen LogP contribution is 2.07. The molecule has 1 fully saturated rings. The van der Waals surface area contributed by atoms with Crippen molar-refractivity contribution >= 4 is 5.96 Å². The van der Waals surface area contributed by atoms with Gasteiger partial charge < -0.3 is 10.1 Å². The molecule has 13 heavy (non-hydrogen) atoms. The second kappa shape index (κ2) is 5.04. The van der Waals surface area contributed by atoms with Gasteiger partial charge in [-0.2, -0.15) is 0 Å². The molecule has 0 spiro atoms. The lowest BCUT2D eigenvalue weighted by Crippen LogP contribution is -2.45. The van der Waals surface area contributed by atoms with Crippen LogP contribution in [-0.2, 0) is 4.74 Å². The molecule has 0 aromatic rings. The summed E-state index contributed by atoms with van der Waals surface area (Å²) in [6.07, 6.45) is 0.977. The van der Waals surface area contributed by atoms with E-state index in [-0.39, 0.29) is 6.04 Å². The Morgan fingerprint density at radius 2 is 2.38 bits per heavy atom. The minimum atomic E-state index is 0.247. The molecule has 1 saturated heterocycles. The molecule has 0 bridgehead atoms. The summed E-state index contributed by atoms with van der Waals surface area (Å²) in [5, 5.41) is 3.11. The Morgan fingerprint density at radius 3 is 2.85 bits per heavy atom. The highest BCUT2D eigenvalue weighted by Gasteiger charge is 2.15. The van der Waals surface area contributed by atoms with Crippen molar-refractivity contribution in [1.82, 2.24) is 10.7 Å². The van der Waals surface area contributed by atoms with E-state index in [4.69, 9.17) is 10.6 Å². The van der Waals surface area contributed by atoms with Gasteiger partial charge in [0.25, 0.3) is 0 Å². The van der Waals surface area contributed by atoms with Crippen molar-refractivity contribution in [3.05, 3.63) is 0 Å². The van der Waals surface area contributed by atoms with Crippen molar-refractivity contribution < 1.29 is 4.74 Å². The van der Waals surface area contributed by atoms with Gasteiger partial charge in [0.2, 0.25) is 5.96 Å². The number of nitrogens with two attached hydrogens (primary N) is 1. The van der Waals surface area contributed by atoms with Crippen LogP contribution in [0.15, 0.2) is 4.99 Å². The van der Waals surface area contributed by atoms with Crippen molar-refractivity contribution in [3.8, 4) is 0 Å². The molecule has 0 aromatic heterocycles. The van der Waals surface area contributed by atoms with Crippen LogP contribution in [0.25, 0.3) is 0 Å². The zero-order valence-electron chi connectivity index (χ0n) is 8.21. The molecule has 5 heteroatoms. The quantitative estimate of drug-likeness (QED) is 0.237. The molecule has 1 aliphatic rings. The summed E-state index contributed by atoms with van der Waals surface area (Å²) in [4.78, 5) is 4.38. The van der Waals surface area contributed by atoms with E-state index >= 15 is 0 Å². The molecule has 0 radical (unpaired) electrons. The van der Waals surface area contributed by atoms with E-state index in [1.54, 1.807) is 0 Å². The number of hydrazine groups is 1. The fraction of sp³-hybridized carbons (Fsp3) is 0.875. The maximum atomic E-state index is 5.32. The maximum Gasteiger partial charge on any atom is 0.206 e. The maximum absolute atomic E-state index is 5.32. The summed E-state index contributed by atoms with van der Waals surface area (Å²) >= 11 is 0. The number of nitrogens with zero attached hydrogens (tertiary/aromatic N) is 1. The fourth-order valence-electron chi connectivity index (χ4n) is 1.20. The highest BCUT2D eigenvalue weighted by molar-refractivity contribution is 5.79. The monoisotopic (exact) mass is 186 g/mol. The van der Waals surface area contributed by atoms with Crippen LogP contribution in [0, 0.1) is 0 Å². The Kier molecular flexibility index (Phi) is 3.98. The number of hydrogen-bond donors (Lipinski definition) is 3. The first-order valence-corrected chi connectivity index (χ1v) is 4.61. The Hall–Kier alpha value is -0.810. The van der Waals surface area contributed by atoms with Crippen LogP contribution in [0.2, 0.25) is 0 Å². The number of hydrogen-bond acceptors (Lipinski definition) is 3. The molecule has 0 amide bonds. The standard InChI is InChI=1S/C8H18N4O/c1-6(2)10-8(12-9)11-7-3-4-13-5-7/h6-7H,3-5,9H2,1-2H3,(H2,10,11,12). The average Bonchev–Trinajstić information content (AvgIpc) is 2.55. The zero-order chi connectivity index (χ0) is 9.68. The van der Waals surface area contributed by atoms with Crippen LogP contribution in [0.3, 0.4) is 0 Å². The van der Waals surface area contributed by atoms with Crippen molar-refractivity contribution in [2.24, 2.45) is 10.8 Å². The third-order valence-electron chi connectivity index (χ3n) is 1.78. The van der Waals surface area contributed by atoms with Gasteiger partial charge in [-0.1, -0.05) is 0 Å². The van der Waals surface area contributed by atoms with Gasteiger partial charge in [0.1, 0.15) is 0 Å². The second-order valence-electron chi connectivity index (χ2n) is 3.44. The number of rotatable bonds is 2. The Labute approximate surface area is 78.7 Å². The smallest absolute Gasteiger partial charge is 0.206 e. The molecule has 5 nitrogen and oxygen atoms in total. The Bertz CT molecular complexity index is 175. The number of ether oxygens (including phenoxy) is 1. The SMILES string of the molecule is CC(C)NC(=NC1CCOC1)NN. The first-order valence-electron chi connectivity index (χ1n) is 4.61. The van der Waals surface area contributed by atoms with Gasteiger partial charge in [0.05, 0.1) is 12.6 Å². The van der Waals surface area contributed by atoms with Crippen LogP contribution in [0.5, 0.6) is 0 Å². The number of guanidine groups is 1. The summed E-state index contributed by atoms with van der Waals surface area (Å²) < 4.78 is 5.20. The van der Waals surface area contributed by atoms with Gasteiger partial charge in [-0.3, -0.25) is 5.43 Å². The lowest BCUT2D eigenvalue weighted by Gasteiger charge is -2.13. The van der Waals surface area contributed by atoms with E-state index in [1.165, 1.54) is 0 Å². The van der Waals surface area contributed by atoms with Gasteiger partial charge in [0.15, 0.2) is 0 Å². The Balaban J connectivity index is 2.43. The lowest BCUT2D eigenvalue weighted by molar-refractivity contribution is 0.194. The summed E-state index contributed by atoms with van der Waals surface area (Å²) in [6, 6.07) is 0.578. The molecule has 1 atom stereocenters. The normalized spacial score (nSPS) is 23.7. The molecule has 1 heterocycles. The molecule has 0 aromatic carbocycles. The molecule has 1 unspecified atom stereocenters. The van der Waals surface area contributed by atoms with Crippen molar-refractivity contribution in [2.45, 2.75) is 32.4 Å². The van der Waals surface area contributed by atoms with Crippen LogP contribution in [-0.4, -0.2) is 31.3 Å². The molecule has 0 aliphatic carbocycles. The summed E-state index contributed by atoms with van der Waals surface area (Å²) in [5.74, 6) is 5.96. The third-order valence-corrected chi connectivity index (χ3v) is 1.78. The van der Waals surface area contributed by atoms with Gasteiger partial charge in [0, 0.05) is 12.6 Å². The topological polar surface area (TPSA) is 71.7 Å². The van der Waals surface area contributed by atoms with E-state index in [0.29, 0.717) is 18.6 Å². The van der Waals surface area contributed by atoms with Crippen LogP contribution in [0.1, 0.15) is 20.3 Å². The van der Waals surface area contributed by atoms with E-state index in [2.05, 4.69) is 15.7 Å². The fourth-order valence-corrected chi connectivity index (χ4v) is 1.20. The molecular formula is C8H18N4O. The van der Waals surface area contributed by atoms with E-state index in [9.17, 15) is 0 Å². The van der Waals surface area contributed by atoms with Crippen molar-refractivity contribution in [3.63, 3.8) is 0 Å². The summed E-state index contributed by atoms with van der Waals surface area (Å²) in [7, 11) is 0. The van der Waals surface area contributed by atoms with Crippen molar-refractivity contribution in [2.75, 3.05) is 13.2 Å². The van der Waals surface area contributed by atoms with Gasteiger partial charge in [-0.25, -0.2) is 10.8 Å². The minimum Gasteiger partial charge on any atom is -0.379 e. The second-order valence-corrected chi connectivity index (χ2v) is 3.44. The van der Waals surface area contributed by atoms with Gasteiger partial charge >= 0.3 is 0 Å².